The molecule has 5 nitrogen and oxygen atoms in total. The lowest BCUT2D eigenvalue weighted by atomic mass is 10.2. The molecule has 3 aromatic rings. The Labute approximate surface area is 189 Å². The second-order valence-electron chi connectivity index (χ2n) is 7.29. The molecule has 0 bridgehead atoms. The summed E-state index contributed by atoms with van der Waals surface area (Å²) in [7, 11) is 0. The number of hydrogen-bond acceptors (Lipinski definition) is 3. The number of hydrogen-bond donors (Lipinski definition) is 1. The van der Waals surface area contributed by atoms with Crippen LogP contribution in [0.3, 0.4) is 0 Å². The van der Waals surface area contributed by atoms with E-state index in [1.165, 1.54) is 5.56 Å². The van der Waals surface area contributed by atoms with Gasteiger partial charge in [-0.25, -0.2) is 0 Å². The molecule has 2 amide bonds. The summed E-state index contributed by atoms with van der Waals surface area (Å²) in [6, 6.07) is 16.8. The maximum Gasteiger partial charge on any atom is 0.279 e. The predicted octanol–water partition coefficient (Wildman–Crippen LogP) is 5.46. The molecule has 1 aliphatic rings. The molecule has 1 N–H and O–H groups in total. The van der Waals surface area contributed by atoms with E-state index >= 15 is 0 Å². The van der Waals surface area contributed by atoms with Crippen LogP contribution in [0, 0.1) is 20.8 Å². The highest BCUT2D eigenvalue weighted by Crippen LogP contribution is 2.29. The molecule has 156 valence electrons. The van der Waals surface area contributed by atoms with E-state index in [1.807, 2.05) is 26.0 Å². The van der Waals surface area contributed by atoms with Gasteiger partial charge in [0.15, 0.2) is 5.17 Å². The molecule has 4 rings (SSSR count). The number of carbonyl (C=O) groups is 2. The van der Waals surface area contributed by atoms with Crippen LogP contribution in [0.25, 0.3) is 11.8 Å². The van der Waals surface area contributed by atoms with E-state index in [2.05, 4.69) is 46.1 Å². The van der Waals surface area contributed by atoms with Crippen molar-refractivity contribution in [3.63, 3.8) is 0 Å². The van der Waals surface area contributed by atoms with Crippen LogP contribution in [-0.4, -0.2) is 21.5 Å². The topological polar surface area (TPSA) is 63.5 Å². The molecule has 0 aliphatic carbocycles. The summed E-state index contributed by atoms with van der Waals surface area (Å²) in [5, 5.41) is 3.48. The summed E-state index contributed by atoms with van der Waals surface area (Å²) in [6.07, 6.45) is 1.84. The van der Waals surface area contributed by atoms with Crippen LogP contribution in [0.1, 0.15) is 32.9 Å². The van der Waals surface area contributed by atoms with E-state index in [4.69, 9.17) is 11.6 Å². The molecular formula is C24H20ClN3O2S. The quantitative estimate of drug-likeness (QED) is 0.540. The zero-order valence-electron chi connectivity index (χ0n) is 17.3. The van der Waals surface area contributed by atoms with Gasteiger partial charge in [0.25, 0.3) is 11.8 Å². The van der Waals surface area contributed by atoms with Gasteiger partial charge in [-0.05, 0) is 86.6 Å². The normalized spacial score (nSPS) is 16.2. The summed E-state index contributed by atoms with van der Waals surface area (Å²) < 4.78 is 2.16. The van der Waals surface area contributed by atoms with Gasteiger partial charge < -0.3 is 9.88 Å². The third-order valence-corrected chi connectivity index (χ3v) is 6.16. The first-order chi connectivity index (χ1) is 14.8. The number of amidine groups is 1. The first-order valence-electron chi connectivity index (χ1n) is 9.67. The summed E-state index contributed by atoms with van der Waals surface area (Å²) in [6.45, 7) is 6.12. The third kappa shape index (κ3) is 4.50. The number of halogens is 1. The predicted molar refractivity (Wildman–Crippen MR) is 127 cm³/mol. The summed E-state index contributed by atoms with van der Waals surface area (Å²) in [5.41, 5.74) is 5.73. The van der Waals surface area contributed by atoms with Crippen molar-refractivity contribution in [1.82, 2.24) is 9.88 Å². The van der Waals surface area contributed by atoms with Crippen LogP contribution < -0.4 is 5.32 Å². The van der Waals surface area contributed by atoms with Crippen molar-refractivity contribution in [2.75, 3.05) is 0 Å². The number of rotatable bonds is 3. The van der Waals surface area contributed by atoms with Crippen LogP contribution in [0.15, 0.2) is 64.5 Å². The molecule has 0 radical (unpaired) electrons. The van der Waals surface area contributed by atoms with Crippen molar-refractivity contribution in [3.05, 3.63) is 92.6 Å². The number of benzene rings is 2. The number of carbonyl (C=O) groups excluding carboxylic acids is 2. The van der Waals surface area contributed by atoms with Crippen LogP contribution >= 0.6 is 23.4 Å². The lowest BCUT2D eigenvalue weighted by Gasteiger charge is -2.10. The largest absolute Gasteiger partial charge is 0.318 e. The highest BCUT2D eigenvalue weighted by Gasteiger charge is 2.25. The average molecular weight is 450 g/mol. The van der Waals surface area contributed by atoms with Gasteiger partial charge in [0.2, 0.25) is 0 Å². The second kappa shape index (κ2) is 8.57. The lowest BCUT2D eigenvalue weighted by molar-refractivity contribution is -0.115. The SMILES string of the molecule is Cc1ccc(-n2c(C)cc(/C=C3\SC(=NC(=O)c4ccc(Cl)cc4)NC3=O)c2C)cc1. The zero-order chi connectivity index (χ0) is 22.1. The number of thioether (sulfide) groups is 1. The standard InChI is InChI=1S/C24H20ClN3O2S/c1-14-4-10-20(11-5-14)28-15(2)12-18(16(28)3)13-21-23(30)27-24(31-21)26-22(29)17-6-8-19(25)9-7-17/h4-13H,1-3H3,(H,26,27,29,30)/b21-13-. The molecule has 0 unspecified atom stereocenters. The number of nitrogens with zero attached hydrogens (tertiary/aromatic N) is 2. The van der Waals surface area contributed by atoms with Gasteiger partial charge >= 0.3 is 0 Å². The van der Waals surface area contributed by atoms with Gasteiger partial charge in [0, 0.05) is 27.7 Å². The van der Waals surface area contributed by atoms with E-state index in [-0.39, 0.29) is 11.1 Å². The van der Waals surface area contributed by atoms with Gasteiger partial charge in [-0.15, -0.1) is 0 Å². The van der Waals surface area contributed by atoms with Crippen LogP contribution in [0.4, 0.5) is 0 Å². The second-order valence-corrected chi connectivity index (χ2v) is 8.76. The molecule has 1 saturated heterocycles. The highest BCUT2D eigenvalue weighted by molar-refractivity contribution is 8.18. The molecule has 31 heavy (non-hydrogen) atoms. The van der Waals surface area contributed by atoms with E-state index in [0.717, 1.165) is 34.4 Å². The fourth-order valence-corrected chi connectivity index (χ4v) is 4.33. The van der Waals surface area contributed by atoms with Crippen molar-refractivity contribution >= 4 is 46.4 Å². The number of aryl methyl sites for hydroxylation is 2. The smallest absolute Gasteiger partial charge is 0.279 e. The maximum atomic E-state index is 12.4. The Morgan fingerprint density at radius 1 is 1.06 bits per heavy atom. The third-order valence-electron chi connectivity index (χ3n) is 4.99. The first-order valence-corrected chi connectivity index (χ1v) is 10.9. The van der Waals surface area contributed by atoms with Crippen molar-refractivity contribution < 1.29 is 9.59 Å². The van der Waals surface area contributed by atoms with Crippen molar-refractivity contribution in [2.24, 2.45) is 4.99 Å². The molecule has 1 fully saturated rings. The molecule has 1 aromatic heterocycles. The number of nitrogens with one attached hydrogen (secondary N) is 1. The van der Waals surface area contributed by atoms with E-state index < -0.39 is 5.91 Å². The molecule has 7 heteroatoms. The lowest BCUT2D eigenvalue weighted by Crippen LogP contribution is -2.20. The molecular weight excluding hydrogens is 430 g/mol. The summed E-state index contributed by atoms with van der Waals surface area (Å²) >= 11 is 7.01. The zero-order valence-corrected chi connectivity index (χ0v) is 18.8. The first kappa shape index (κ1) is 21.2. The monoisotopic (exact) mass is 449 g/mol. The average Bonchev–Trinajstić information content (AvgIpc) is 3.21. The Morgan fingerprint density at radius 3 is 2.42 bits per heavy atom. The van der Waals surface area contributed by atoms with Crippen LogP contribution in [0.5, 0.6) is 0 Å². The minimum absolute atomic E-state index is 0.267. The van der Waals surface area contributed by atoms with Crippen LogP contribution in [0.2, 0.25) is 5.02 Å². The van der Waals surface area contributed by atoms with Gasteiger partial charge in [0.05, 0.1) is 4.91 Å². The Morgan fingerprint density at radius 2 is 1.74 bits per heavy atom. The number of amides is 2. The fourth-order valence-electron chi connectivity index (χ4n) is 3.40. The highest BCUT2D eigenvalue weighted by atomic mass is 35.5. The minimum Gasteiger partial charge on any atom is -0.318 e. The van der Waals surface area contributed by atoms with Crippen molar-refractivity contribution in [3.8, 4) is 5.69 Å². The molecule has 2 heterocycles. The Kier molecular flexibility index (Phi) is 5.85. The van der Waals surface area contributed by atoms with Crippen molar-refractivity contribution in [1.29, 1.82) is 0 Å². The fraction of sp³-hybridized carbons (Fsp3) is 0.125. The van der Waals surface area contributed by atoms with E-state index in [0.29, 0.717) is 15.5 Å². The number of aliphatic imine (C=N–C) groups is 1. The molecule has 1 aliphatic heterocycles. The van der Waals surface area contributed by atoms with E-state index in [9.17, 15) is 9.59 Å². The summed E-state index contributed by atoms with van der Waals surface area (Å²) in [5.74, 6) is -0.703. The molecule has 0 saturated carbocycles. The molecule has 2 aromatic carbocycles. The summed E-state index contributed by atoms with van der Waals surface area (Å²) in [4.78, 5) is 29.3. The van der Waals surface area contributed by atoms with Crippen LogP contribution in [-0.2, 0) is 4.79 Å². The van der Waals surface area contributed by atoms with E-state index in [1.54, 1.807) is 24.3 Å². The molecule has 0 atom stereocenters. The Balaban J connectivity index is 1.59. The van der Waals surface area contributed by atoms with Gasteiger partial charge in [-0.2, -0.15) is 4.99 Å². The Hall–Kier alpha value is -3.09. The van der Waals surface area contributed by atoms with Gasteiger partial charge in [0.1, 0.15) is 0 Å². The Bertz CT molecular complexity index is 1240. The van der Waals surface area contributed by atoms with Gasteiger partial charge in [-0.3, -0.25) is 9.59 Å². The minimum atomic E-state index is -0.432. The van der Waals surface area contributed by atoms with Gasteiger partial charge in [-0.1, -0.05) is 29.3 Å². The number of aromatic nitrogens is 1. The maximum absolute atomic E-state index is 12.4. The molecule has 0 spiro atoms. The van der Waals surface area contributed by atoms with Crippen molar-refractivity contribution in [2.45, 2.75) is 20.8 Å².